The number of hydrogen-bond donors (Lipinski definition) is 1. The van der Waals surface area contributed by atoms with Gasteiger partial charge in [0.2, 0.25) is 0 Å². The predicted molar refractivity (Wildman–Crippen MR) is 125 cm³/mol. The van der Waals surface area contributed by atoms with Crippen LogP contribution in [0.2, 0.25) is 0 Å². The zero-order valence-electron chi connectivity index (χ0n) is 18.9. The summed E-state index contributed by atoms with van der Waals surface area (Å²) in [5, 5.41) is 11.6. The summed E-state index contributed by atoms with van der Waals surface area (Å²) in [5.41, 5.74) is 4.54. The van der Waals surface area contributed by atoms with E-state index in [0.29, 0.717) is 24.3 Å². The average Bonchev–Trinajstić information content (AvgIpc) is 3.03. The van der Waals surface area contributed by atoms with Crippen molar-refractivity contribution in [2.75, 3.05) is 0 Å². The number of benzene rings is 1. The number of carbonyl (C=O) groups is 2. The lowest BCUT2D eigenvalue weighted by Crippen LogP contribution is -2.52. The van der Waals surface area contributed by atoms with Crippen molar-refractivity contribution >= 4 is 11.6 Å². The van der Waals surface area contributed by atoms with E-state index in [0.717, 1.165) is 25.7 Å². The molecule has 0 aliphatic heterocycles. The van der Waals surface area contributed by atoms with Gasteiger partial charge in [0.1, 0.15) is 0 Å². The van der Waals surface area contributed by atoms with Crippen molar-refractivity contribution < 1.29 is 14.7 Å². The summed E-state index contributed by atoms with van der Waals surface area (Å²) in [4.78, 5) is 24.0. The third-order valence-corrected chi connectivity index (χ3v) is 8.65. The molecule has 4 aliphatic rings. The SMILES string of the molecule is C#CC[C@]1(O)C=C[C@H]2[C@@H]3CCC4=CC(=O)CCC4=C3[C@@H](c3ccc(C(C)=O)cc3)C[C@@]21C. The van der Waals surface area contributed by atoms with Crippen LogP contribution in [0.3, 0.4) is 0 Å². The molecule has 0 amide bonds. The monoisotopic (exact) mass is 426 g/mol. The molecule has 0 heterocycles. The van der Waals surface area contributed by atoms with E-state index in [2.05, 4.69) is 31.1 Å². The highest BCUT2D eigenvalue weighted by molar-refractivity contribution is 5.94. The van der Waals surface area contributed by atoms with E-state index in [4.69, 9.17) is 6.42 Å². The molecule has 1 fully saturated rings. The number of hydrogen-bond acceptors (Lipinski definition) is 3. The standard InChI is InChI=1S/C29H30O3/c1-4-14-29(32)15-13-26-24-11-9-21-16-22(31)10-12-23(21)27(24)25(17-28(26,29)3)20-7-5-19(6-8-20)18(2)30/h1,5-8,13,15-16,24-26,32H,9-12,14,17H2,2-3H3/t24-,25+,26-,28-,29-/m0/s1. The molecule has 3 heteroatoms. The van der Waals surface area contributed by atoms with E-state index in [1.54, 1.807) is 6.92 Å². The fourth-order valence-electron chi connectivity index (χ4n) is 6.89. The molecule has 1 aromatic carbocycles. The maximum Gasteiger partial charge on any atom is 0.159 e. The summed E-state index contributed by atoms with van der Waals surface area (Å²) >= 11 is 0. The Labute approximate surface area is 190 Å². The number of allylic oxidation sites excluding steroid dienone is 5. The Morgan fingerprint density at radius 3 is 2.66 bits per heavy atom. The summed E-state index contributed by atoms with van der Waals surface area (Å²) in [6.07, 6.45) is 16.1. The molecule has 5 rings (SSSR count). The third-order valence-electron chi connectivity index (χ3n) is 8.65. The Hall–Kier alpha value is -2.70. The number of terminal acetylenes is 1. The van der Waals surface area contributed by atoms with Crippen LogP contribution in [0.5, 0.6) is 0 Å². The second-order valence-corrected chi connectivity index (χ2v) is 10.3. The molecule has 0 saturated heterocycles. The first-order chi connectivity index (χ1) is 15.3. The predicted octanol–water partition coefficient (Wildman–Crippen LogP) is 5.32. The van der Waals surface area contributed by atoms with Gasteiger partial charge in [-0.25, -0.2) is 0 Å². The molecule has 4 aliphatic carbocycles. The van der Waals surface area contributed by atoms with Gasteiger partial charge in [-0.05, 0) is 67.2 Å². The Morgan fingerprint density at radius 1 is 1.22 bits per heavy atom. The minimum atomic E-state index is -1.02. The summed E-state index contributed by atoms with van der Waals surface area (Å²) < 4.78 is 0. The Morgan fingerprint density at radius 2 is 1.97 bits per heavy atom. The minimum absolute atomic E-state index is 0.0594. The molecule has 0 radical (unpaired) electrons. The van der Waals surface area contributed by atoms with E-state index in [1.807, 2.05) is 24.3 Å². The molecular formula is C29H30O3. The minimum Gasteiger partial charge on any atom is -0.384 e. The van der Waals surface area contributed by atoms with Gasteiger partial charge in [-0.1, -0.05) is 48.9 Å². The van der Waals surface area contributed by atoms with Gasteiger partial charge in [-0.3, -0.25) is 9.59 Å². The first-order valence-corrected chi connectivity index (χ1v) is 11.7. The molecule has 0 aromatic heterocycles. The zero-order chi connectivity index (χ0) is 22.7. The van der Waals surface area contributed by atoms with Crippen LogP contribution in [-0.4, -0.2) is 22.3 Å². The van der Waals surface area contributed by atoms with Crippen molar-refractivity contribution in [2.45, 2.75) is 63.9 Å². The largest absolute Gasteiger partial charge is 0.384 e. The fraction of sp³-hybridized carbons (Fsp3) is 0.448. The molecule has 32 heavy (non-hydrogen) atoms. The lowest BCUT2D eigenvalue weighted by Gasteiger charge is -2.54. The summed E-state index contributed by atoms with van der Waals surface area (Å²) in [7, 11) is 0. The van der Waals surface area contributed by atoms with Crippen molar-refractivity contribution in [1.29, 1.82) is 0 Å². The number of carbonyl (C=O) groups excluding carboxylic acids is 2. The van der Waals surface area contributed by atoms with Crippen LogP contribution in [0.25, 0.3) is 0 Å². The van der Waals surface area contributed by atoms with E-state index < -0.39 is 5.60 Å². The molecule has 0 bridgehead atoms. The quantitative estimate of drug-likeness (QED) is 0.404. The van der Waals surface area contributed by atoms with Gasteiger partial charge in [-0.15, -0.1) is 12.3 Å². The molecule has 0 unspecified atom stereocenters. The molecule has 5 atom stereocenters. The van der Waals surface area contributed by atoms with Crippen LogP contribution in [0.4, 0.5) is 0 Å². The topological polar surface area (TPSA) is 54.4 Å². The smallest absolute Gasteiger partial charge is 0.159 e. The number of ketones is 2. The Kier molecular flexibility index (Phi) is 4.91. The van der Waals surface area contributed by atoms with Crippen molar-refractivity contribution in [1.82, 2.24) is 0 Å². The summed E-state index contributed by atoms with van der Waals surface area (Å²) in [5.74, 6) is 3.70. The lowest BCUT2D eigenvalue weighted by molar-refractivity contribution is -0.114. The van der Waals surface area contributed by atoms with Crippen molar-refractivity contribution in [3.8, 4) is 12.3 Å². The maximum atomic E-state index is 12.1. The highest BCUT2D eigenvalue weighted by Crippen LogP contribution is 2.65. The van der Waals surface area contributed by atoms with E-state index in [1.165, 1.54) is 22.3 Å². The van der Waals surface area contributed by atoms with Gasteiger partial charge in [0.15, 0.2) is 11.6 Å². The highest BCUT2D eigenvalue weighted by atomic mass is 16.3. The van der Waals surface area contributed by atoms with Crippen LogP contribution >= 0.6 is 0 Å². The molecule has 3 nitrogen and oxygen atoms in total. The van der Waals surface area contributed by atoms with Crippen LogP contribution in [0.1, 0.15) is 74.2 Å². The van der Waals surface area contributed by atoms with Gasteiger partial charge in [0, 0.05) is 29.7 Å². The highest BCUT2D eigenvalue weighted by Gasteiger charge is 2.60. The van der Waals surface area contributed by atoms with Crippen molar-refractivity contribution in [3.63, 3.8) is 0 Å². The zero-order valence-corrected chi connectivity index (χ0v) is 18.9. The van der Waals surface area contributed by atoms with Gasteiger partial charge in [-0.2, -0.15) is 0 Å². The van der Waals surface area contributed by atoms with Crippen LogP contribution in [-0.2, 0) is 4.79 Å². The van der Waals surface area contributed by atoms with Gasteiger partial charge < -0.3 is 5.11 Å². The van der Waals surface area contributed by atoms with Gasteiger partial charge in [0.05, 0.1) is 5.60 Å². The number of Topliss-reactive ketones (excluding diaryl/α,β-unsaturated/α-hetero) is 1. The fourth-order valence-corrected chi connectivity index (χ4v) is 6.89. The second kappa shape index (κ2) is 7.42. The molecule has 164 valence electrons. The van der Waals surface area contributed by atoms with E-state index in [9.17, 15) is 14.7 Å². The number of aliphatic hydroxyl groups is 1. The lowest BCUT2D eigenvalue weighted by atomic mass is 9.50. The Bertz CT molecular complexity index is 1130. The van der Waals surface area contributed by atoms with E-state index >= 15 is 0 Å². The number of fused-ring (bicyclic) bond motifs is 4. The first-order valence-electron chi connectivity index (χ1n) is 11.7. The molecule has 1 saturated carbocycles. The van der Waals surface area contributed by atoms with E-state index in [-0.39, 0.29) is 28.8 Å². The van der Waals surface area contributed by atoms with Crippen molar-refractivity contribution in [2.24, 2.45) is 17.3 Å². The number of rotatable bonds is 3. The normalized spacial score (nSPS) is 35.5. The maximum absolute atomic E-state index is 12.1. The Balaban J connectivity index is 1.67. The van der Waals surface area contributed by atoms with Crippen molar-refractivity contribution in [3.05, 3.63) is 70.3 Å². The second-order valence-electron chi connectivity index (χ2n) is 10.3. The van der Waals surface area contributed by atoms with Crippen LogP contribution < -0.4 is 0 Å². The first kappa shape index (κ1) is 21.2. The van der Waals surface area contributed by atoms with Gasteiger partial charge >= 0.3 is 0 Å². The molecule has 1 aromatic rings. The summed E-state index contributed by atoms with van der Waals surface area (Å²) in [6.45, 7) is 3.78. The molecule has 0 spiro atoms. The third kappa shape index (κ3) is 3.00. The summed E-state index contributed by atoms with van der Waals surface area (Å²) in [6, 6.07) is 7.97. The van der Waals surface area contributed by atoms with Gasteiger partial charge in [0.25, 0.3) is 0 Å². The average molecular weight is 427 g/mol. The molecular weight excluding hydrogens is 396 g/mol. The van der Waals surface area contributed by atoms with Crippen LogP contribution in [0, 0.1) is 29.6 Å². The molecule has 1 N–H and O–H groups in total. The van der Waals surface area contributed by atoms with Crippen LogP contribution in [0.15, 0.2) is 59.2 Å².